The van der Waals surface area contributed by atoms with Gasteiger partial charge >= 0.3 is 6.09 Å². The normalized spacial score (nSPS) is 12.1. The zero-order chi connectivity index (χ0) is 15.9. The van der Waals surface area contributed by atoms with Gasteiger partial charge in [0.05, 0.1) is 6.61 Å². The molecule has 0 aliphatic heterocycles. The van der Waals surface area contributed by atoms with Crippen LogP contribution in [0.2, 0.25) is 0 Å². The molecule has 1 rings (SSSR count). The largest absolute Gasteiger partial charge is 0.493 e. The minimum Gasteiger partial charge on any atom is -0.493 e. The number of hydrogen-bond acceptors (Lipinski definition) is 4. The van der Waals surface area contributed by atoms with Crippen molar-refractivity contribution in [3.63, 3.8) is 0 Å². The molecular weight excluding hydrogens is 272 g/mol. The maximum Gasteiger partial charge on any atom is 0.404 e. The molecule has 1 unspecified atom stereocenters. The lowest BCUT2D eigenvalue weighted by Crippen LogP contribution is -2.35. The lowest BCUT2D eigenvalue weighted by molar-refractivity contribution is 0.0229. The van der Waals surface area contributed by atoms with E-state index in [1.165, 1.54) is 0 Å². The highest BCUT2D eigenvalue weighted by molar-refractivity contribution is 5.64. The number of ether oxygens (including phenoxy) is 2. The topological polar surface area (TPSA) is 110 Å². The summed E-state index contributed by atoms with van der Waals surface area (Å²) in [6, 6.07) is 6.82. The third kappa shape index (κ3) is 6.05. The molecule has 0 radical (unpaired) electrons. The van der Waals surface area contributed by atoms with Gasteiger partial charge < -0.3 is 15.2 Å². The average molecular weight is 292 g/mol. The van der Waals surface area contributed by atoms with Gasteiger partial charge in [-0.05, 0) is 23.1 Å². The number of rotatable bonds is 6. The summed E-state index contributed by atoms with van der Waals surface area (Å²) in [4.78, 5) is 13.6. The molecule has 1 aromatic rings. The molecule has 0 aliphatic rings. The highest BCUT2D eigenvalue weighted by Gasteiger charge is 2.27. The van der Waals surface area contributed by atoms with Crippen molar-refractivity contribution in [3.8, 4) is 5.75 Å². The van der Waals surface area contributed by atoms with E-state index in [9.17, 15) is 4.79 Å². The second-order valence-corrected chi connectivity index (χ2v) is 5.62. The van der Waals surface area contributed by atoms with Crippen molar-refractivity contribution in [2.24, 2.45) is 16.3 Å². The second-order valence-electron chi connectivity index (χ2n) is 5.62. The fraction of sp³-hybridized carbons (Fsp3) is 0.500. The van der Waals surface area contributed by atoms with E-state index < -0.39 is 6.09 Å². The van der Waals surface area contributed by atoms with Crippen LogP contribution in [0.1, 0.15) is 27.2 Å². The standard InChI is InChI=1S/C14H20N4O3/c1-14(2,3)12(21-13(15)19)7-8-20-11-6-4-5-10(9-11)17-18-16/h4-6,9,12H,7-8H2,1-3H3,(H2,15,19). The third-order valence-corrected chi connectivity index (χ3v) is 2.85. The molecule has 0 fully saturated rings. The molecule has 1 atom stereocenters. The van der Waals surface area contributed by atoms with Gasteiger partial charge in [-0.15, -0.1) is 0 Å². The first-order valence-corrected chi connectivity index (χ1v) is 6.57. The Bertz CT molecular complexity index is 533. The van der Waals surface area contributed by atoms with Crippen LogP contribution >= 0.6 is 0 Å². The van der Waals surface area contributed by atoms with Gasteiger partial charge in [-0.25, -0.2) is 4.79 Å². The predicted octanol–water partition coefficient (Wildman–Crippen LogP) is 3.91. The molecule has 0 bridgehead atoms. The quantitative estimate of drug-likeness (QED) is 0.487. The summed E-state index contributed by atoms with van der Waals surface area (Å²) in [7, 11) is 0. The summed E-state index contributed by atoms with van der Waals surface area (Å²) in [6.45, 7) is 6.24. The van der Waals surface area contributed by atoms with E-state index in [4.69, 9.17) is 20.7 Å². The van der Waals surface area contributed by atoms with Crippen molar-refractivity contribution < 1.29 is 14.3 Å². The van der Waals surface area contributed by atoms with Crippen LogP contribution in [-0.2, 0) is 4.74 Å². The number of carbonyl (C=O) groups is 1. The highest BCUT2D eigenvalue weighted by Crippen LogP contribution is 2.26. The van der Waals surface area contributed by atoms with E-state index in [-0.39, 0.29) is 11.5 Å². The minimum absolute atomic E-state index is 0.231. The molecule has 0 aromatic heterocycles. The number of azide groups is 1. The van der Waals surface area contributed by atoms with Crippen LogP contribution in [0.4, 0.5) is 10.5 Å². The van der Waals surface area contributed by atoms with Crippen molar-refractivity contribution in [3.05, 3.63) is 34.7 Å². The van der Waals surface area contributed by atoms with Crippen molar-refractivity contribution in [1.29, 1.82) is 0 Å². The van der Waals surface area contributed by atoms with Crippen LogP contribution in [0.3, 0.4) is 0 Å². The monoisotopic (exact) mass is 292 g/mol. The van der Waals surface area contributed by atoms with Gasteiger partial charge in [0, 0.05) is 17.0 Å². The summed E-state index contributed by atoms with van der Waals surface area (Å²) >= 11 is 0. The molecule has 114 valence electrons. The fourth-order valence-electron chi connectivity index (χ4n) is 1.78. The molecule has 21 heavy (non-hydrogen) atoms. The van der Waals surface area contributed by atoms with Gasteiger partial charge in [-0.1, -0.05) is 38.0 Å². The van der Waals surface area contributed by atoms with Gasteiger partial charge in [0.2, 0.25) is 0 Å². The van der Waals surface area contributed by atoms with E-state index >= 15 is 0 Å². The first-order chi connectivity index (χ1) is 9.82. The minimum atomic E-state index is -0.791. The van der Waals surface area contributed by atoms with E-state index in [2.05, 4.69) is 10.0 Å². The van der Waals surface area contributed by atoms with E-state index in [1.54, 1.807) is 24.3 Å². The number of primary amides is 1. The SMILES string of the molecule is CC(C)(C)C(CCOc1cccc(N=[N+]=[N-])c1)OC(N)=O. The van der Waals surface area contributed by atoms with Gasteiger partial charge in [0.25, 0.3) is 0 Å². The molecule has 0 saturated carbocycles. The Morgan fingerprint density at radius 3 is 2.76 bits per heavy atom. The highest BCUT2D eigenvalue weighted by atomic mass is 16.6. The first kappa shape index (κ1) is 16.7. The Hall–Kier alpha value is -2.40. The average Bonchev–Trinajstić information content (AvgIpc) is 2.37. The van der Waals surface area contributed by atoms with Gasteiger partial charge in [0.15, 0.2) is 0 Å². The van der Waals surface area contributed by atoms with E-state index in [0.29, 0.717) is 24.5 Å². The molecule has 2 N–H and O–H groups in total. The first-order valence-electron chi connectivity index (χ1n) is 6.57. The van der Waals surface area contributed by atoms with E-state index in [1.807, 2.05) is 20.8 Å². The zero-order valence-corrected chi connectivity index (χ0v) is 12.4. The number of amides is 1. The summed E-state index contributed by atoms with van der Waals surface area (Å²) < 4.78 is 10.7. The Morgan fingerprint density at radius 2 is 2.19 bits per heavy atom. The van der Waals surface area contributed by atoms with Crippen molar-refractivity contribution >= 4 is 11.8 Å². The molecular formula is C14H20N4O3. The summed E-state index contributed by atoms with van der Waals surface area (Å²) in [5, 5.41) is 3.50. The smallest absolute Gasteiger partial charge is 0.404 e. The van der Waals surface area contributed by atoms with Gasteiger partial charge in [0.1, 0.15) is 11.9 Å². The Balaban J connectivity index is 2.59. The number of carbonyl (C=O) groups excluding carboxylic acids is 1. The van der Waals surface area contributed by atoms with Crippen LogP contribution in [0.15, 0.2) is 29.4 Å². The molecule has 0 spiro atoms. The van der Waals surface area contributed by atoms with Crippen LogP contribution in [0, 0.1) is 5.41 Å². The molecule has 0 heterocycles. The Morgan fingerprint density at radius 1 is 1.48 bits per heavy atom. The van der Waals surface area contributed by atoms with Crippen molar-refractivity contribution in [2.45, 2.75) is 33.3 Å². The van der Waals surface area contributed by atoms with Gasteiger partial charge in [-0.3, -0.25) is 0 Å². The van der Waals surface area contributed by atoms with Gasteiger partial charge in [-0.2, -0.15) is 0 Å². The summed E-state index contributed by atoms with van der Waals surface area (Å²) in [5.41, 5.74) is 13.7. The molecule has 0 saturated heterocycles. The molecule has 7 nitrogen and oxygen atoms in total. The second kappa shape index (κ2) is 7.40. The Kier molecular flexibility index (Phi) is 5.87. The lowest BCUT2D eigenvalue weighted by Gasteiger charge is -2.29. The summed E-state index contributed by atoms with van der Waals surface area (Å²) in [6.07, 6.45) is -0.617. The molecule has 0 aliphatic carbocycles. The molecule has 7 heteroatoms. The molecule has 1 aromatic carbocycles. The van der Waals surface area contributed by atoms with E-state index in [0.717, 1.165) is 0 Å². The van der Waals surface area contributed by atoms with Crippen LogP contribution in [0.25, 0.3) is 10.4 Å². The van der Waals surface area contributed by atoms with Crippen LogP contribution < -0.4 is 10.5 Å². The fourth-order valence-corrected chi connectivity index (χ4v) is 1.78. The Labute approximate surface area is 123 Å². The number of hydrogen-bond donors (Lipinski definition) is 1. The lowest BCUT2D eigenvalue weighted by atomic mass is 9.87. The number of nitrogens with zero attached hydrogens (tertiary/aromatic N) is 3. The molecule has 1 amide bonds. The van der Waals surface area contributed by atoms with Crippen molar-refractivity contribution in [2.75, 3.05) is 6.61 Å². The van der Waals surface area contributed by atoms with Crippen LogP contribution in [-0.4, -0.2) is 18.8 Å². The van der Waals surface area contributed by atoms with Crippen LogP contribution in [0.5, 0.6) is 5.75 Å². The summed E-state index contributed by atoms with van der Waals surface area (Å²) in [5.74, 6) is 0.589. The predicted molar refractivity (Wildman–Crippen MR) is 79.3 cm³/mol. The zero-order valence-electron chi connectivity index (χ0n) is 12.4. The van der Waals surface area contributed by atoms with Crippen molar-refractivity contribution in [1.82, 2.24) is 0 Å². The number of benzene rings is 1. The maximum atomic E-state index is 10.9. The third-order valence-electron chi connectivity index (χ3n) is 2.85. The maximum absolute atomic E-state index is 10.9. The number of nitrogens with two attached hydrogens (primary N) is 1.